The molecular formula is C9H16N2O3. The third-order valence-electron chi connectivity index (χ3n) is 2.87. The van der Waals surface area contributed by atoms with Crippen LogP contribution in [0.25, 0.3) is 0 Å². The molecule has 0 radical (unpaired) electrons. The molecule has 0 saturated carbocycles. The van der Waals surface area contributed by atoms with Crippen molar-refractivity contribution in [3.63, 3.8) is 0 Å². The lowest BCUT2D eigenvalue weighted by Crippen LogP contribution is -2.64. The number of carbonyl (C=O) groups excluding carboxylic acids is 1. The smallest absolute Gasteiger partial charge is 0.406 e. The Hall–Kier alpha value is -0.810. The van der Waals surface area contributed by atoms with Crippen LogP contribution in [0.1, 0.15) is 20.8 Å². The molecule has 0 bridgehead atoms. The SMILES string of the molecule is CC(C)(C)C12CNCCN1OC(=O)O2. The Labute approximate surface area is 83.3 Å². The molecule has 2 aliphatic heterocycles. The van der Waals surface area contributed by atoms with E-state index in [-0.39, 0.29) is 5.41 Å². The Kier molecular flexibility index (Phi) is 1.97. The molecule has 2 aliphatic rings. The van der Waals surface area contributed by atoms with E-state index in [1.807, 2.05) is 20.8 Å². The minimum atomic E-state index is -0.650. The molecular weight excluding hydrogens is 184 g/mol. The average Bonchev–Trinajstić information content (AvgIpc) is 2.40. The summed E-state index contributed by atoms with van der Waals surface area (Å²) in [5.74, 6) is 0. The summed E-state index contributed by atoms with van der Waals surface area (Å²) in [7, 11) is 0. The first-order valence-corrected chi connectivity index (χ1v) is 4.85. The molecule has 2 heterocycles. The van der Waals surface area contributed by atoms with Gasteiger partial charge in [-0.15, -0.1) is 0 Å². The maximum atomic E-state index is 11.1. The van der Waals surface area contributed by atoms with E-state index < -0.39 is 11.9 Å². The van der Waals surface area contributed by atoms with Crippen molar-refractivity contribution in [2.24, 2.45) is 5.41 Å². The lowest BCUT2D eigenvalue weighted by atomic mass is 9.81. The van der Waals surface area contributed by atoms with Crippen molar-refractivity contribution in [2.75, 3.05) is 19.6 Å². The van der Waals surface area contributed by atoms with Gasteiger partial charge in [0.2, 0.25) is 5.72 Å². The van der Waals surface area contributed by atoms with E-state index in [4.69, 9.17) is 9.57 Å². The quantitative estimate of drug-likeness (QED) is 0.584. The maximum absolute atomic E-state index is 11.1. The van der Waals surface area contributed by atoms with Gasteiger partial charge in [-0.05, 0) is 0 Å². The number of carbonyl (C=O) groups is 1. The first-order valence-electron chi connectivity index (χ1n) is 4.85. The monoisotopic (exact) mass is 200 g/mol. The Bertz CT molecular complexity index is 261. The normalized spacial score (nSPS) is 33.5. The zero-order valence-electron chi connectivity index (χ0n) is 8.79. The fourth-order valence-electron chi connectivity index (χ4n) is 1.95. The van der Waals surface area contributed by atoms with Gasteiger partial charge in [-0.1, -0.05) is 25.8 Å². The summed E-state index contributed by atoms with van der Waals surface area (Å²) < 4.78 is 5.32. The topological polar surface area (TPSA) is 50.8 Å². The first kappa shape index (κ1) is 9.73. The summed E-state index contributed by atoms with van der Waals surface area (Å²) in [6.45, 7) is 8.21. The van der Waals surface area contributed by atoms with Gasteiger partial charge in [0, 0.05) is 12.0 Å². The van der Waals surface area contributed by atoms with Gasteiger partial charge in [0.05, 0.1) is 13.1 Å². The molecule has 0 spiro atoms. The standard InChI is InChI=1S/C9H16N2O3/c1-8(2,3)9-6-10-4-5-11(9)14-7(12)13-9/h10H,4-6H2,1-3H3. The molecule has 2 rings (SSSR count). The zero-order chi connectivity index (χ0) is 10.4. The molecule has 5 heteroatoms. The number of hydrogen-bond donors (Lipinski definition) is 1. The van der Waals surface area contributed by atoms with Gasteiger partial charge in [0.15, 0.2) is 0 Å². The molecule has 0 aromatic carbocycles. The molecule has 0 aromatic rings. The van der Waals surface area contributed by atoms with Crippen LogP contribution < -0.4 is 5.32 Å². The van der Waals surface area contributed by atoms with Crippen molar-refractivity contribution in [3.05, 3.63) is 0 Å². The number of ether oxygens (including phenoxy) is 1. The summed E-state index contributed by atoms with van der Waals surface area (Å²) >= 11 is 0. The van der Waals surface area contributed by atoms with Crippen molar-refractivity contribution in [3.8, 4) is 0 Å². The van der Waals surface area contributed by atoms with E-state index in [0.717, 1.165) is 6.54 Å². The van der Waals surface area contributed by atoms with Gasteiger partial charge < -0.3 is 14.9 Å². The molecule has 14 heavy (non-hydrogen) atoms. The number of nitrogens with zero attached hydrogens (tertiary/aromatic N) is 1. The Morgan fingerprint density at radius 3 is 2.79 bits per heavy atom. The largest absolute Gasteiger partial charge is 0.530 e. The number of piperazine rings is 1. The van der Waals surface area contributed by atoms with Crippen LogP contribution in [0.3, 0.4) is 0 Å². The molecule has 5 nitrogen and oxygen atoms in total. The highest BCUT2D eigenvalue weighted by atomic mass is 16.9. The Morgan fingerprint density at radius 2 is 2.21 bits per heavy atom. The van der Waals surface area contributed by atoms with E-state index >= 15 is 0 Å². The van der Waals surface area contributed by atoms with Crippen LogP contribution >= 0.6 is 0 Å². The van der Waals surface area contributed by atoms with Crippen LogP contribution in [-0.2, 0) is 9.57 Å². The van der Waals surface area contributed by atoms with Crippen LogP contribution in [0.4, 0.5) is 4.79 Å². The first-order chi connectivity index (χ1) is 6.46. The molecule has 2 fully saturated rings. The van der Waals surface area contributed by atoms with E-state index in [1.165, 1.54) is 0 Å². The predicted molar refractivity (Wildman–Crippen MR) is 49.3 cm³/mol. The maximum Gasteiger partial charge on any atom is 0.530 e. The van der Waals surface area contributed by atoms with Crippen LogP contribution in [0.2, 0.25) is 0 Å². The second-order valence-corrected chi connectivity index (χ2v) is 4.76. The van der Waals surface area contributed by atoms with Gasteiger partial charge in [0.1, 0.15) is 0 Å². The summed E-state index contributed by atoms with van der Waals surface area (Å²) in [6, 6.07) is 0. The molecule has 1 N–H and O–H groups in total. The number of nitrogens with one attached hydrogen (secondary N) is 1. The van der Waals surface area contributed by atoms with Crippen molar-refractivity contribution in [2.45, 2.75) is 26.5 Å². The molecule has 1 unspecified atom stereocenters. The molecule has 0 amide bonds. The molecule has 0 aliphatic carbocycles. The lowest BCUT2D eigenvalue weighted by molar-refractivity contribution is -0.225. The van der Waals surface area contributed by atoms with Gasteiger partial charge >= 0.3 is 6.16 Å². The highest BCUT2D eigenvalue weighted by Crippen LogP contribution is 2.41. The number of hydrogen-bond acceptors (Lipinski definition) is 5. The minimum absolute atomic E-state index is 0.174. The summed E-state index contributed by atoms with van der Waals surface area (Å²) in [5.41, 5.74) is -0.824. The Morgan fingerprint density at radius 1 is 1.50 bits per heavy atom. The third-order valence-corrected chi connectivity index (χ3v) is 2.87. The second-order valence-electron chi connectivity index (χ2n) is 4.76. The fraction of sp³-hybridized carbons (Fsp3) is 0.889. The number of rotatable bonds is 0. The van der Waals surface area contributed by atoms with Crippen LogP contribution in [-0.4, -0.2) is 36.6 Å². The lowest BCUT2D eigenvalue weighted by Gasteiger charge is -2.45. The van der Waals surface area contributed by atoms with Gasteiger partial charge in [-0.3, -0.25) is 0 Å². The summed E-state index contributed by atoms with van der Waals surface area (Å²) in [4.78, 5) is 16.2. The third kappa shape index (κ3) is 1.19. The summed E-state index contributed by atoms with van der Waals surface area (Å²) in [5, 5.41) is 4.88. The number of hydroxylamine groups is 2. The van der Waals surface area contributed by atoms with Crippen LogP contribution in [0, 0.1) is 5.41 Å². The van der Waals surface area contributed by atoms with E-state index in [1.54, 1.807) is 5.06 Å². The molecule has 80 valence electrons. The second kappa shape index (κ2) is 2.84. The molecule has 0 aromatic heterocycles. The van der Waals surface area contributed by atoms with Crippen molar-refractivity contribution in [1.29, 1.82) is 0 Å². The highest BCUT2D eigenvalue weighted by molar-refractivity contribution is 5.62. The van der Waals surface area contributed by atoms with E-state index in [0.29, 0.717) is 13.1 Å². The van der Waals surface area contributed by atoms with E-state index in [9.17, 15) is 4.79 Å². The minimum Gasteiger partial charge on any atom is -0.406 e. The Balaban J connectivity index is 2.32. The van der Waals surface area contributed by atoms with Gasteiger partial charge in [0.25, 0.3) is 0 Å². The molecule has 2 saturated heterocycles. The zero-order valence-corrected chi connectivity index (χ0v) is 8.79. The average molecular weight is 200 g/mol. The van der Waals surface area contributed by atoms with Gasteiger partial charge in [-0.2, -0.15) is 0 Å². The molecule has 1 atom stereocenters. The summed E-state index contributed by atoms with van der Waals surface area (Å²) in [6.07, 6.45) is -0.594. The highest BCUT2D eigenvalue weighted by Gasteiger charge is 2.58. The van der Waals surface area contributed by atoms with Crippen LogP contribution in [0.5, 0.6) is 0 Å². The van der Waals surface area contributed by atoms with Crippen molar-refractivity contribution >= 4 is 6.16 Å². The predicted octanol–water partition coefficient (Wildman–Crippen LogP) is 0.716. The van der Waals surface area contributed by atoms with Crippen LogP contribution in [0.15, 0.2) is 0 Å². The van der Waals surface area contributed by atoms with Gasteiger partial charge in [-0.25, -0.2) is 4.79 Å². The fourth-order valence-corrected chi connectivity index (χ4v) is 1.95. The van der Waals surface area contributed by atoms with E-state index in [2.05, 4.69) is 5.32 Å². The van der Waals surface area contributed by atoms with Crippen molar-refractivity contribution < 1.29 is 14.4 Å². The van der Waals surface area contributed by atoms with Crippen molar-refractivity contribution in [1.82, 2.24) is 10.4 Å². The number of fused-ring (bicyclic) bond motifs is 1.